The van der Waals surface area contributed by atoms with Crippen molar-refractivity contribution in [3.63, 3.8) is 0 Å². The molecule has 0 heterocycles. The van der Waals surface area contributed by atoms with Gasteiger partial charge in [0, 0.05) is 16.3 Å². The third kappa shape index (κ3) is 5.32. The van der Waals surface area contributed by atoms with Crippen LogP contribution in [0.15, 0.2) is 53.6 Å². The Labute approximate surface area is 151 Å². The van der Waals surface area contributed by atoms with Crippen LogP contribution in [0.2, 0.25) is 5.02 Å². The fourth-order valence-electron chi connectivity index (χ4n) is 1.89. The second-order valence-electron chi connectivity index (χ2n) is 5.18. The van der Waals surface area contributed by atoms with Crippen molar-refractivity contribution in [3.05, 3.63) is 64.7 Å². The Balaban J connectivity index is 2.09. The first-order valence-electron chi connectivity index (χ1n) is 7.25. The molecule has 0 aliphatic heterocycles. The van der Waals surface area contributed by atoms with Crippen LogP contribution in [0.3, 0.4) is 0 Å². The van der Waals surface area contributed by atoms with Crippen molar-refractivity contribution in [1.82, 2.24) is 5.43 Å². The Bertz CT molecular complexity index is 849. The largest absolute Gasteiger partial charge is 0.471 e. The van der Waals surface area contributed by atoms with E-state index >= 15 is 0 Å². The van der Waals surface area contributed by atoms with Crippen molar-refractivity contribution in [3.8, 4) is 0 Å². The number of nitrogens with one attached hydrogen (secondary N) is 2. The lowest BCUT2D eigenvalue weighted by Gasteiger charge is -2.09. The molecule has 0 radical (unpaired) electrons. The first kappa shape index (κ1) is 19.5. The molecule has 0 aliphatic rings. The van der Waals surface area contributed by atoms with Crippen LogP contribution in [0.5, 0.6) is 0 Å². The summed E-state index contributed by atoms with van der Waals surface area (Å²) in [5.41, 5.74) is 3.42. The molecule has 2 aromatic rings. The summed E-state index contributed by atoms with van der Waals surface area (Å²) in [5, 5.41) is 6.15. The van der Waals surface area contributed by atoms with Crippen LogP contribution in [-0.4, -0.2) is 23.7 Å². The Kier molecular flexibility index (Phi) is 5.99. The van der Waals surface area contributed by atoms with Gasteiger partial charge in [-0.1, -0.05) is 23.7 Å². The fourth-order valence-corrected chi connectivity index (χ4v) is 2.01. The molecule has 0 fully saturated rings. The van der Waals surface area contributed by atoms with Crippen LogP contribution in [0, 0.1) is 0 Å². The van der Waals surface area contributed by atoms with Crippen LogP contribution in [-0.2, 0) is 4.79 Å². The van der Waals surface area contributed by atoms with Crippen molar-refractivity contribution in [2.24, 2.45) is 5.10 Å². The van der Waals surface area contributed by atoms with Crippen molar-refractivity contribution in [1.29, 1.82) is 0 Å². The highest BCUT2D eigenvalue weighted by atomic mass is 35.5. The van der Waals surface area contributed by atoms with Gasteiger partial charge < -0.3 is 5.32 Å². The minimum absolute atomic E-state index is 0.0385. The molecular weight excluding hydrogens is 371 g/mol. The summed E-state index contributed by atoms with van der Waals surface area (Å²) in [4.78, 5) is 22.9. The van der Waals surface area contributed by atoms with Crippen LogP contribution in [0.1, 0.15) is 22.8 Å². The molecule has 2 N–H and O–H groups in total. The number of carbonyl (C=O) groups is 2. The lowest BCUT2D eigenvalue weighted by Crippen LogP contribution is -2.29. The summed E-state index contributed by atoms with van der Waals surface area (Å²) in [6.07, 6.45) is -4.98. The van der Waals surface area contributed by atoms with Crippen molar-refractivity contribution < 1.29 is 22.8 Å². The maximum atomic E-state index is 12.3. The molecule has 0 aliphatic carbocycles. The highest BCUT2D eigenvalue weighted by molar-refractivity contribution is 6.30. The zero-order valence-corrected chi connectivity index (χ0v) is 14.2. The van der Waals surface area contributed by atoms with E-state index in [9.17, 15) is 22.8 Å². The minimum Gasteiger partial charge on any atom is -0.318 e. The molecule has 0 spiro atoms. The average molecular weight is 384 g/mol. The second-order valence-corrected chi connectivity index (χ2v) is 5.61. The van der Waals surface area contributed by atoms with Gasteiger partial charge in [-0.05, 0) is 48.9 Å². The molecule has 0 bridgehead atoms. The van der Waals surface area contributed by atoms with Crippen molar-refractivity contribution in [2.75, 3.05) is 5.32 Å². The van der Waals surface area contributed by atoms with Gasteiger partial charge in [0.1, 0.15) is 0 Å². The first-order valence-corrected chi connectivity index (χ1v) is 7.63. The first-order chi connectivity index (χ1) is 12.2. The Hall–Kier alpha value is -2.87. The molecular formula is C17H13ClF3N3O2. The number of hydrogen-bond donors (Lipinski definition) is 2. The van der Waals surface area contributed by atoms with Gasteiger partial charge >= 0.3 is 12.1 Å². The highest BCUT2D eigenvalue weighted by Gasteiger charge is 2.38. The maximum absolute atomic E-state index is 12.3. The number of alkyl halides is 3. The van der Waals surface area contributed by atoms with E-state index in [1.54, 1.807) is 30.4 Å². The minimum atomic E-state index is -4.98. The normalized spacial score (nSPS) is 11.8. The zero-order chi connectivity index (χ0) is 19.3. The summed E-state index contributed by atoms with van der Waals surface area (Å²) in [7, 11) is 0. The van der Waals surface area contributed by atoms with Gasteiger partial charge in [-0.25, -0.2) is 5.43 Å². The number of hydrogen-bond acceptors (Lipinski definition) is 3. The number of nitrogens with zero attached hydrogens (tertiary/aromatic N) is 1. The number of benzene rings is 2. The van der Waals surface area contributed by atoms with Gasteiger partial charge in [0.25, 0.3) is 5.91 Å². The van der Waals surface area contributed by atoms with E-state index in [-0.39, 0.29) is 5.69 Å². The van der Waals surface area contributed by atoms with E-state index in [0.717, 1.165) is 0 Å². The van der Waals surface area contributed by atoms with E-state index in [1.165, 1.54) is 30.3 Å². The standard InChI is InChI=1S/C17H13ClF3N3O2/c1-10(23-24-15(25)11-5-7-13(18)8-6-11)12-3-2-4-14(9-12)22-16(26)17(19,20)21/h2-9H,1H3,(H,22,26)(H,24,25)/b23-10+. The number of amides is 2. The molecule has 2 aromatic carbocycles. The summed E-state index contributed by atoms with van der Waals surface area (Å²) in [5.74, 6) is -2.54. The third-order valence-electron chi connectivity index (χ3n) is 3.23. The monoisotopic (exact) mass is 383 g/mol. The van der Waals surface area contributed by atoms with Gasteiger partial charge in [-0.3, -0.25) is 9.59 Å². The third-order valence-corrected chi connectivity index (χ3v) is 3.48. The Morgan fingerprint density at radius 1 is 1.04 bits per heavy atom. The molecule has 9 heteroatoms. The van der Waals surface area contributed by atoms with Gasteiger partial charge in [0.2, 0.25) is 0 Å². The fraction of sp³-hybridized carbons (Fsp3) is 0.118. The van der Waals surface area contributed by atoms with Gasteiger partial charge in [-0.15, -0.1) is 0 Å². The topological polar surface area (TPSA) is 70.6 Å². The lowest BCUT2D eigenvalue weighted by atomic mass is 10.1. The Morgan fingerprint density at radius 3 is 2.31 bits per heavy atom. The zero-order valence-electron chi connectivity index (χ0n) is 13.4. The summed E-state index contributed by atoms with van der Waals surface area (Å²) in [6, 6.07) is 11.8. The molecule has 26 heavy (non-hydrogen) atoms. The SMILES string of the molecule is C/C(=N\NC(=O)c1ccc(Cl)cc1)c1cccc(NC(=O)C(F)(F)F)c1. The lowest BCUT2D eigenvalue weighted by molar-refractivity contribution is -0.167. The molecule has 0 saturated heterocycles. The Morgan fingerprint density at radius 2 is 1.69 bits per heavy atom. The number of hydrazone groups is 1. The van der Waals surface area contributed by atoms with Crippen molar-refractivity contribution in [2.45, 2.75) is 13.1 Å². The van der Waals surface area contributed by atoms with Gasteiger partial charge in [0.05, 0.1) is 5.71 Å². The number of rotatable bonds is 4. The quantitative estimate of drug-likeness (QED) is 0.619. The molecule has 0 unspecified atom stereocenters. The molecule has 2 amide bonds. The number of halogens is 4. The molecule has 0 atom stereocenters. The van der Waals surface area contributed by atoms with E-state index in [0.29, 0.717) is 21.9 Å². The van der Waals surface area contributed by atoms with Crippen molar-refractivity contribution >= 4 is 34.8 Å². The molecule has 0 aromatic heterocycles. The maximum Gasteiger partial charge on any atom is 0.471 e. The smallest absolute Gasteiger partial charge is 0.318 e. The molecule has 136 valence electrons. The summed E-state index contributed by atoms with van der Waals surface area (Å²) >= 11 is 5.74. The highest BCUT2D eigenvalue weighted by Crippen LogP contribution is 2.19. The second kappa shape index (κ2) is 8.01. The van der Waals surface area contributed by atoms with Crippen LogP contribution in [0.25, 0.3) is 0 Å². The number of carbonyl (C=O) groups excluding carboxylic acids is 2. The van der Waals surface area contributed by atoms with E-state index in [1.807, 2.05) is 0 Å². The van der Waals surface area contributed by atoms with E-state index < -0.39 is 18.0 Å². The van der Waals surface area contributed by atoms with Gasteiger partial charge in [-0.2, -0.15) is 18.3 Å². The molecule has 5 nitrogen and oxygen atoms in total. The van der Waals surface area contributed by atoms with Gasteiger partial charge in [0.15, 0.2) is 0 Å². The van der Waals surface area contributed by atoms with E-state index in [4.69, 9.17) is 11.6 Å². The predicted octanol–water partition coefficient (Wildman–Crippen LogP) is 3.99. The van der Waals surface area contributed by atoms with Crippen LogP contribution >= 0.6 is 11.6 Å². The average Bonchev–Trinajstić information content (AvgIpc) is 2.59. The number of anilines is 1. The predicted molar refractivity (Wildman–Crippen MR) is 92.3 cm³/mol. The van der Waals surface area contributed by atoms with Crippen LogP contribution < -0.4 is 10.7 Å². The molecule has 0 saturated carbocycles. The molecule has 2 rings (SSSR count). The van der Waals surface area contributed by atoms with E-state index in [2.05, 4.69) is 10.5 Å². The van der Waals surface area contributed by atoms with Crippen LogP contribution in [0.4, 0.5) is 18.9 Å². The summed E-state index contributed by atoms with van der Waals surface area (Å²) < 4.78 is 36.9. The summed E-state index contributed by atoms with van der Waals surface area (Å²) in [6.45, 7) is 1.56.